The molecule has 0 saturated carbocycles. The van der Waals surface area contributed by atoms with Crippen molar-refractivity contribution < 1.29 is 19.1 Å². The summed E-state index contributed by atoms with van der Waals surface area (Å²) in [4.78, 5) is 35.0. The number of likely N-dealkylation sites (tertiary alicyclic amines) is 2. The van der Waals surface area contributed by atoms with E-state index in [1.165, 1.54) is 6.20 Å². The van der Waals surface area contributed by atoms with Crippen LogP contribution in [0.25, 0.3) is 10.9 Å². The molecule has 2 aromatic rings. The molecule has 9 heteroatoms. The Morgan fingerprint density at radius 3 is 2.29 bits per heavy atom. The van der Waals surface area contributed by atoms with Crippen molar-refractivity contribution in [3.05, 3.63) is 41.2 Å². The number of allylic oxidation sites excluding steroid dienone is 1. The number of nitrogens with zero attached hydrogens (tertiary/aromatic N) is 4. The van der Waals surface area contributed by atoms with Crippen LogP contribution < -0.4 is 4.74 Å². The van der Waals surface area contributed by atoms with Crippen LogP contribution in [-0.2, 0) is 4.74 Å². The third-order valence-corrected chi connectivity index (χ3v) is 7.84. The van der Waals surface area contributed by atoms with E-state index in [1.54, 1.807) is 23.9 Å². The molecule has 1 N–H and O–H groups in total. The first-order valence-corrected chi connectivity index (χ1v) is 14.7. The summed E-state index contributed by atoms with van der Waals surface area (Å²) < 4.78 is 12.3. The van der Waals surface area contributed by atoms with Crippen molar-refractivity contribution >= 4 is 22.8 Å². The second-order valence-corrected chi connectivity index (χ2v) is 12.8. The maximum Gasteiger partial charge on any atom is 0.410 e. The van der Waals surface area contributed by atoms with Gasteiger partial charge >= 0.3 is 6.09 Å². The Labute approximate surface area is 244 Å². The summed E-state index contributed by atoms with van der Waals surface area (Å²) in [6.07, 6.45) is 4.90. The van der Waals surface area contributed by atoms with Crippen molar-refractivity contribution in [3.63, 3.8) is 0 Å². The molecule has 1 aromatic carbocycles. The number of rotatable bonds is 7. The average molecular weight is 564 g/mol. The number of aromatic nitrogens is 1. The minimum absolute atomic E-state index is 0.0738. The Morgan fingerprint density at radius 1 is 1.07 bits per heavy atom. The molecule has 0 aliphatic carbocycles. The molecule has 1 amide bonds. The van der Waals surface area contributed by atoms with Crippen molar-refractivity contribution in [2.24, 2.45) is 0 Å². The quantitative estimate of drug-likeness (QED) is 0.262. The zero-order valence-electron chi connectivity index (χ0n) is 25.6. The van der Waals surface area contributed by atoms with Gasteiger partial charge in [0.25, 0.3) is 0 Å². The summed E-state index contributed by atoms with van der Waals surface area (Å²) in [5.41, 5.74) is 1.85. The minimum atomic E-state index is -0.527. The Balaban J connectivity index is 1.61. The van der Waals surface area contributed by atoms with Crippen LogP contribution in [0.1, 0.15) is 82.3 Å². The summed E-state index contributed by atoms with van der Waals surface area (Å²) in [5, 5.41) is 10.4. The molecule has 222 valence electrons. The number of ketones is 1. The summed E-state index contributed by atoms with van der Waals surface area (Å²) >= 11 is 0. The van der Waals surface area contributed by atoms with Crippen LogP contribution in [0.15, 0.2) is 30.0 Å². The van der Waals surface area contributed by atoms with Gasteiger partial charge in [-0.25, -0.2) is 4.79 Å². The molecule has 0 radical (unpaired) electrons. The third-order valence-electron chi connectivity index (χ3n) is 7.84. The zero-order chi connectivity index (χ0) is 29.9. The first-order valence-electron chi connectivity index (χ1n) is 14.7. The highest BCUT2D eigenvalue weighted by Crippen LogP contribution is 2.39. The fourth-order valence-corrected chi connectivity index (χ4v) is 5.65. The van der Waals surface area contributed by atoms with Crippen molar-refractivity contribution in [2.75, 3.05) is 40.3 Å². The van der Waals surface area contributed by atoms with Crippen molar-refractivity contribution in [1.29, 1.82) is 5.26 Å². The normalized spacial score (nSPS) is 18.0. The van der Waals surface area contributed by atoms with Gasteiger partial charge in [0.1, 0.15) is 29.1 Å². The lowest BCUT2D eigenvalue weighted by atomic mass is 9.88. The van der Waals surface area contributed by atoms with Gasteiger partial charge < -0.3 is 29.2 Å². The van der Waals surface area contributed by atoms with Crippen LogP contribution in [0.5, 0.6) is 5.75 Å². The van der Waals surface area contributed by atoms with E-state index in [9.17, 15) is 14.9 Å². The van der Waals surface area contributed by atoms with E-state index in [0.29, 0.717) is 24.8 Å². The first-order chi connectivity index (χ1) is 19.3. The van der Waals surface area contributed by atoms with E-state index in [0.717, 1.165) is 61.0 Å². The van der Waals surface area contributed by atoms with Crippen LogP contribution in [0.3, 0.4) is 0 Å². The van der Waals surface area contributed by atoms with E-state index in [1.807, 2.05) is 39.0 Å². The molecule has 3 heterocycles. The van der Waals surface area contributed by atoms with Crippen molar-refractivity contribution in [1.82, 2.24) is 19.7 Å². The number of nitrogens with one attached hydrogen (secondary N) is 1. The fraction of sp³-hybridized carbons (Fsp3) is 0.594. The molecular weight excluding hydrogens is 518 g/mol. The number of Topliss-reactive ketones (excluding diaryl/α,β-unsaturated/α-hetero) is 1. The lowest BCUT2D eigenvalue weighted by molar-refractivity contribution is 0.0204. The van der Waals surface area contributed by atoms with E-state index in [-0.39, 0.29) is 29.5 Å². The number of nitriles is 1. The highest BCUT2D eigenvalue weighted by Gasteiger charge is 2.30. The number of hydrogen-bond acceptors (Lipinski definition) is 7. The number of benzene rings is 1. The highest BCUT2D eigenvalue weighted by molar-refractivity contribution is 6.12. The summed E-state index contributed by atoms with van der Waals surface area (Å²) in [5.74, 6) is 0.710. The smallest absolute Gasteiger partial charge is 0.410 e. The zero-order valence-corrected chi connectivity index (χ0v) is 25.6. The van der Waals surface area contributed by atoms with Gasteiger partial charge in [-0.2, -0.15) is 5.26 Å². The number of ether oxygens (including phenoxy) is 2. The lowest BCUT2D eigenvalue weighted by Gasteiger charge is -2.36. The molecule has 0 spiro atoms. The number of aromatic amines is 1. The van der Waals surface area contributed by atoms with Crippen LogP contribution in [-0.4, -0.2) is 89.6 Å². The van der Waals surface area contributed by atoms with Gasteiger partial charge in [-0.3, -0.25) is 4.79 Å². The fourth-order valence-electron chi connectivity index (χ4n) is 5.65. The maximum absolute atomic E-state index is 13.1. The predicted octanol–water partition coefficient (Wildman–Crippen LogP) is 5.69. The molecule has 0 unspecified atom stereocenters. The van der Waals surface area contributed by atoms with Crippen LogP contribution in [0.4, 0.5) is 4.79 Å². The molecule has 2 fully saturated rings. The highest BCUT2D eigenvalue weighted by atomic mass is 16.6. The molecular formula is C32H45N5O4. The van der Waals surface area contributed by atoms with Gasteiger partial charge in [0.2, 0.25) is 5.78 Å². The predicted molar refractivity (Wildman–Crippen MR) is 160 cm³/mol. The number of H-pyrrole nitrogens is 1. The number of fused-ring (bicyclic) bond motifs is 1. The van der Waals surface area contributed by atoms with Gasteiger partial charge in [0.15, 0.2) is 0 Å². The van der Waals surface area contributed by atoms with Crippen LogP contribution >= 0.6 is 0 Å². The second kappa shape index (κ2) is 12.6. The molecule has 4 rings (SSSR count). The minimum Gasteiger partial charge on any atom is -0.490 e. The number of carbonyl (C=O) groups excluding carboxylic acids is 2. The van der Waals surface area contributed by atoms with Crippen LogP contribution in [0.2, 0.25) is 0 Å². The standard InChI is InChI=1S/C32H45N5O4/c1-21(2)36-14-10-25(11-15-36)40-29-17-23-16-28(30(38)24(19-33)20-35(6)7)34-27(23)18-26(29)22-8-12-37(13-9-22)31(39)41-32(3,4)5/h16-18,20-22,25,34H,8-15H2,1-7H3/b24-20-. The van der Waals surface area contributed by atoms with Gasteiger partial charge in [-0.05, 0) is 90.0 Å². The van der Waals surface area contributed by atoms with Gasteiger partial charge in [-0.1, -0.05) is 0 Å². The number of amides is 1. The molecule has 2 saturated heterocycles. The summed E-state index contributed by atoms with van der Waals surface area (Å²) in [7, 11) is 3.57. The molecule has 41 heavy (non-hydrogen) atoms. The Kier molecular flexibility index (Phi) is 9.33. The topological polar surface area (TPSA) is 102 Å². The molecule has 9 nitrogen and oxygen atoms in total. The second-order valence-electron chi connectivity index (χ2n) is 12.8. The van der Waals surface area contributed by atoms with Gasteiger partial charge in [-0.15, -0.1) is 0 Å². The van der Waals surface area contributed by atoms with Crippen molar-refractivity contribution in [2.45, 2.75) is 84.0 Å². The maximum atomic E-state index is 13.1. The van der Waals surface area contributed by atoms with Crippen LogP contribution in [0, 0.1) is 11.3 Å². The Hall–Kier alpha value is -3.51. The van der Waals surface area contributed by atoms with E-state index >= 15 is 0 Å². The third kappa shape index (κ3) is 7.62. The van der Waals surface area contributed by atoms with Gasteiger partial charge in [0.05, 0.1) is 5.69 Å². The van der Waals surface area contributed by atoms with E-state index in [4.69, 9.17) is 9.47 Å². The number of carbonyl (C=O) groups is 2. The Bertz CT molecular complexity index is 1310. The monoisotopic (exact) mass is 563 g/mol. The van der Waals surface area contributed by atoms with Crippen molar-refractivity contribution in [3.8, 4) is 11.8 Å². The average Bonchev–Trinajstić information content (AvgIpc) is 3.33. The molecule has 0 atom stereocenters. The summed E-state index contributed by atoms with van der Waals surface area (Å²) in [6, 6.07) is 8.49. The first kappa shape index (κ1) is 30.4. The lowest BCUT2D eigenvalue weighted by Crippen LogP contribution is -2.42. The molecule has 2 aliphatic heterocycles. The molecule has 0 bridgehead atoms. The SMILES string of the molecule is CC(C)N1CCC(Oc2cc3cc(C(=O)/C(C#N)=C\N(C)C)[nH]c3cc2C2CCN(C(=O)OC(C)(C)C)CC2)CC1. The van der Waals surface area contributed by atoms with E-state index in [2.05, 4.69) is 29.8 Å². The largest absolute Gasteiger partial charge is 0.490 e. The van der Waals surface area contributed by atoms with Gasteiger partial charge in [0, 0.05) is 63.4 Å². The number of piperidine rings is 2. The number of hydrogen-bond donors (Lipinski definition) is 1. The molecule has 1 aromatic heterocycles. The molecule has 2 aliphatic rings. The summed E-state index contributed by atoms with van der Waals surface area (Å²) in [6.45, 7) is 13.3. The Morgan fingerprint density at radius 2 is 1.73 bits per heavy atom. The van der Waals surface area contributed by atoms with E-state index < -0.39 is 5.60 Å².